The number of amides is 2. The lowest BCUT2D eigenvalue weighted by Crippen LogP contribution is -2.44. The number of halogens is 3. The minimum Gasteiger partial charge on any atom is -0.494 e. The van der Waals surface area contributed by atoms with Crippen molar-refractivity contribution in [1.29, 1.82) is 0 Å². The van der Waals surface area contributed by atoms with Crippen molar-refractivity contribution in [3.8, 4) is 5.75 Å². The van der Waals surface area contributed by atoms with E-state index in [0.717, 1.165) is 17.7 Å². The minimum absolute atomic E-state index is 0.111. The van der Waals surface area contributed by atoms with Crippen molar-refractivity contribution >= 4 is 6.03 Å². The summed E-state index contributed by atoms with van der Waals surface area (Å²) in [5, 5.41) is 2.63. The number of benzene rings is 1. The predicted molar refractivity (Wildman–Crippen MR) is 75.6 cm³/mol. The van der Waals surface area contributed by atoms with Crippen LogP contribution in [0.5, 0.6) is 5.75 Å². The average molecular weight is 316 g/mol. The summed E-state index contributed by atoms with van der Waals surface area (Å²) >= 11 is 0. The van der Waals surface area contributed by atoms with E-state index in [1.54, 1.807) is 13.0 Å². The highest BCUT2D eigenvalue weighted by molar-refractivity contribution is 5.75. The van der Waals surface area contributed by atoms with Crippen LogP contribution in [0.3, 0.4) is 0 Å². The second-order valence-corrected chi connectivity index (χ2v) is 5.34. The van der Waals surface area contributed by atoms with Crippen LogP contribution in [0.4, 0.5) is 18.0 Å². The highest BCUT2D eigenvalue weighted by Gasteiger charge is 2.34. The Morgan fingerprint density at radius 1 is 1.45 bits per heavy atom. The Labute approximate surface area is 127 Å². The van der Waals surface area contributed by atoms with E-state index in [2.05, 4.69) is 5.32 Å². The molecule has 4 nitrogen and oxygen atoms in total. The molecule has 122 valence electrons. The van der Waals surface area contributed by atoms with Gasteiger partial charge in [-0.05, 0) is 37.5 Å². The van der Waals surface area contributed by atoms with Gasteiger partial charge in [0.1, 0.15) is 0 Å². The summed E-state index contributed by atoms with van der Waals surface area (Å²) in [7, 11) is 1.36. The lowest BCUT2D eigenvalue weighted by Gasteiger charge is -2.25. The van der Waals surface area contributed by atoms with Crippen molar-refractivity contribution in [1.82, 2.24) is 10.2 Å². The third-order valence-electron chi connectivity index (χ3n) is 3.60. The molecule has 0 bridgehead atoms. The van der Waals surface area contributed by atoms with Crippen LogP contribution in [-0.4, -0.2) is 37.1 Å². The Kier molecular flexibility index (Phi) is 5.15. The van der Waals surface area contributed by atoms with Crippen molar-refractivity contribution in [2.45, 2.75) is 38.3 Å². The molecule has 1 saturated carbocycles. The van der Waals surface area contributed by atoms with Gasteiger partial charge < -0.3 is 15.0 Å². The second-order valence-electron chi connectivity index (χ2n) is 5.34. The first-order valence-corrected chi connectivity index (χ1v) is 7.11. The second kappa shape index (κ2) is 6.89. The first kappa shape index (κ1) is 16.5. The van der Waals surface area contributed by atoms with Crippen LogP contribution < -0.4 is 10.1 Å². The molecule has 0 unspecified atom stereocenters. The Morgan fingerprint density at radius 2 is 2.14 bits per heavy atom. The third-order valence-corrected chi connectivity index (χ3v) is 3.60. The van der Waals surface area contributed by atoms with Crippen LogP contribution in [0.15, 0.2) is 18.2 Å². The lowest BCUT2D eigenvalue weighted by molar-refractivity contribution is 0.0946. The Bertz CT molecular complexity index is 536. The number of carbonyl (C=O) groups is 1. The fourth-order valence-electron chi connectivity index (χ4n) is 2.24. The molecule has 0 aliphatic heterocycles. The molecule has 0 radical (unpaired) electrons. The molecule has 1 aromatic carbocycles. The summed E-state index contributed by atoms with van der Waals surface area (Å²) in [6, 6.07) is 3.19. The lowest BCUT2D eigenvalue weighted by atomic mass is 10.1. The van der Waals surface area contributed by atoms with E-state index in [1.807, 2.05) is 0 Å². The molecule has 1 aromatic rings. The highest BCUT2D eigenvalue weighted by Crippen LogP contribution is 2.28. The smallest absolute Gasteiger partial charge is 0.318 e. The summed E-state index contributed by atoms with van der Waals surface area (Å²) in [4.78, 5) is 13.3. The summed E-state index contributed by atoms with van der Waals surface area (Å²) in [5.41, 5.74) is 0.541. The number of rotatable bonds is 6. The van der Waals surface area contributed by atoms with Crippen molar-refractivity contribution in [3.63, 3.8) is 0 Å². The van der Waals surface area contributed by atoms with Crippen molar-refractivity contribution < 1.29 is 22.7 Å². The minimum atomic E-state index is -2.57. The molecule has 0 saturated heterocycles. The Balaban J connectivity index is 2.02. The number of carbonyl (C=O) groups excluding carboxylic acids is 1. The SMILES string of the molecule is COc1ccc([C@H](C)NC(=O)N(CC(F)F)C2CC2)cc1F. The van der Waals surface area contributed by atoms with Gasteiger partial charge in [-0.3, -0.25) is 0 Å². The van der Waals surface area contributed by atoms with Gasteiger partial charge in [0, 0.05) is 6.04 Å². The van der Waals surface area contributed by atoms with Gasteiger partial charge in [-0.2, -0.15) is 0 Å². The molecule has 0 aromatic heterocycles. The zero-order valence-corrected chi connectivity index (χ0v) is 12.5. The first-order chi connectivity index (χ1) is 10.4. The molecule has 2 amide bonds. The van der Waals surface area contributed by atoms with E-state index in [9.17, 15) is 18.0 Å². The average Bonchev–Trinajstić information content (AvgIpc) is 3.28. The van der Waals surface area contributed by atoms with E-state index in [0.29, 0.717) is 5.56 Å². The third kappa shape index (κ3) is 4.05. The quantitative estimate of drug-likeness (QED) is 0.874. The van der Waals surface area contributed by atoms with Gasteiger partial charge in [0.15, 0.2) is 11.6 Å². The number of nitrogens with one attached hydrogen (secondary N) is 1. The largest absolute Gasteiger partial charge is 0.494 e. The molecule has 0 spiro atoms. The van der Waals surface area contributed by atoms with E-state index in [1.165, 1.54) is 19.2 Å². The normalized spacial score (nSPS) is 15.5. The number of alkyl halides is 2. The van der Waals surface area contributed by atoms with Crippen molar-refractivity contribution in [2.75, 3.05) is 13.7 Å². The number of methoxy groups -OCH3 is 1. The first-order valence-electron chi connectivity index (χ1n) is 7.11. The molecule has 22 heavy (non-hydrogen) atoms. The van der Waals surface area contributed by atoms with Crippen molar-refractivity contribution in [2.24, 2.45) is 0 Å². The molecule has 1 N–H and O–H groups in total. The summed E-state index contributed by atoms with van der Waals surface area (Å²) < 4.78 is 43.6. The van der Waals surface area contributed by atoms with E-state index in [4.69, 9.17) is 4.74 Å². The monoisotopic (exact) mass is 316 g/mol. The standard InChI is InChI=1S/C15H19F3N2O2/c1-9(10-3-6-13(22-2)12(16)7-10)19-15(21)20(8-14(17)18)11-4-5-11/h3,6-7,9,11,14H,4-5,8H2,1-2H3,(H,19,21)/t9-/m0/s1. The van der Waals surface area contributed by atoms with Crippen LogP contribution in [0, 0.1) is 5.82 Å². The summed E-state index contributed by atoms with van der Waals surface area (Å²) in [5.74, 6) is -0.424. The van der Waals surface area contributed by atoms with Gasteiger partial charge in [0.25, 0.3) is 6.43 Å². The van der Waals surface area contributed by atoms with Crippen LogP contribution in [-0.2, 0) is 0 Å². The molecular weight excluding hydrogens is 297 g/mol. The maximum Gasteiger partial charge on any atom is 0.318 e. The van der Waals surface area contributed by atoms with Gasteiger partial charge in [-0.1, -0.05) is 6.07 Å². The number of hydrogen-bond acceptors (Lipinski definition) is 2. The van der Waals surface area contributed by atoms with Gasteiger partial charge in [0.2, 0.25) is 0 Å². The zero-order chi connectivity index (χ0) is 16.3. The predicted octanol–water partition coefficient (Wildman–Crippen LogP) is 3.33. The Morgan fingerprint density at radius 3 is 2.64 bits per heavy atom. The van der Waals surface area contributed by atoms with Gasteiger partial charge in [0.05, 0.1) is 19.7 Å². The number of ether oxygens (including phenoxy) is 1. The number of nitrogens with zero attached hydrogens (tertiary/aromatic N) is 1. The van der Waals surface area contributed by atoms with Crippen LogP contribution >= 0.6 is 0 Å². The number of urea groups is 1. The van der Waals surface area contributed by atoms with Crippen LogP contribution in [0.1, 0.15) is 31.4 Å². The fourth-order valence-corrected chi connectivity index (χ4v) is 2.24. The fraction of sp³-hybridized carbons (Fsp3) is 0.533. The number of hydrogen-bond donors (Lipinski definition) is 1. The molecule has 1 fully saturated rings. The molecule has 7 heteroatoms. The molecular formula is C15H19F3N2O2. The summed E-state index contributed by atoms with van der Waals surface area (Å²) in [6.07, 6.45) is -1.09. The Hall–Kier alpha value is -1.92. The molecule has 1 aliphatic rings. The van der Waals surface area contributed by atoms with E-state index >= 15 is 0 Å². The molecule has 0 heterocycles. The van der Waals surface area contributed by atoms with Gasteiger partial charge >= 0.3 is 6.03 Å². The van der Waals surface area contributed by atoms with Crippen LogP contribution in [0.25, 0.3) is 0 Å². The summed E-state index contributed by atoms with van der Waals surface area (Å²) in [6.45, 7) is 1.09. The molecule has 2 rings (SSSR count). The highest BCUT2D eigenvalue weighted by atomic mass is 19.3. The van der Waals surface area contributed by atoms with E-state index < -0.39 is 30.9 Å². The molecule has 1 atom stereocenters. The van der Waals surface area contributed by atoms with Gasteiger partial charge in [-0.25, -0.2) is 18.0 Å². The van der Waals surface area contributed by atoms with Crippen molar-refractivity contribution in [3.05, 3.63) is 29.6 Å². The maximum absolute atomic E-state index is 13.7. The molecule has 1 aliphatic carbocycles. The topological polar surface area (TPSA) is 41.6 Å². The van der Waals surface area contributed by atoms with E-state index in [-0.39, 0.29) is 11.8 Å². The zero-order valence-electron chi connectivity index (χ0n) is 12.5. The van der Waals surface area contributed by atoms with Gasteiger partial charge in [-0.15, -0.1) is 0 Å². The van der Waals surface area contributed by atoms with Crippen LogP contribution in [0.2, 0.25) is 0 Å². The maximum atomic E-state index is 13.7.